The highest BCUT2D eigenvalue weighted by Crippen LogP contribution is 2.44. The molecule has 2 aromatic rings. The van der Waals surface area contributed by atoms with Gasteiger partial charge in [-0.15, -0.1) is 6.58 Å². The minimum atomic E-state index is -0.944. The van der Waals surface area contributed by atoms with Crippen LogP contribution in [0.25, 0.3) is 11.1 Å². The quantitative estimate of drug-likeness (QED) is 0.308. The summed E-state index contributed by atoms with van der Waals surface area (Å²) in [4.78, 5) is 35.6. The Morgan fingerprint density at radius 1 is 1.03 bits per heavy atom. The van der Waals surface area contributed by atoms with Crippen molar-refractivity contribution in [2.75, 3.05) is 26.4 Å². The summed E-state index contributed by atoms with van der Waals surface area (Å²) in [6.45, 7) is 4.28. The highest BCUT2D eigenvalue weighted by atomic mass is 16.5. The Balaban J connectivity index is 1.52. The summed E-state index contributed by atoms with van der Waals surface area (Å²) in [6.07, 6.45) is 1.83. The molecule has 1 aliphatic rings. The number of hydrogen-bond acceptors (Lipinski definition) is 5. The number of rotatable bonds is 13. The molecule has 0 heterocycles. The maximum atomic E-state index is 12.6. The van der Waals surface area contributed by atoms with Crippen molar-refractivity contribution >= 4 is 18.0 Å². The highest BCUT2D eigenvalue weighted by Gasteiger charge is 2.29. The van der Waals surface area contributed by atoms with Gasteiger partial charge in [-0.2, -0.15) is 0 Å². The average Bonchev–Trinajstić information content (AvgIpc) is 3.16. The molecule has 0 saturated carbocycles. The van der Waals surface area contributed by atoms with Gasteiger partial charge in [0.1, 0.15) is 12.6 Å². The van der Waals surface area contributed by atoms with E-state index >= 15 is 0 Å². The number of benzene rings is 2. The molecule has 180 valence electrons. The molecule has 0 radical (unpaired) electrons. The standard InChI is InChI=1S/C26H30N2O6/c1-2-3-12-23(25(31)27-14-16-33-15-13-24(29)30)28-26(32)34-17-22-20-10-6-4-8-18(20)19-9-5-7-11-21(19)22/h2,4-11,22-23H,1,3,12-17H2,(H,27,31)(H,28,32)(H,29,30). The first-order chi connectivity index (χ1) is 16.5. The van der Waals surface area contributed by atoms with Gasteiger partial charge in [0.2, 0.25) is 5.91 Å². The van der Waals surface area contributed by atoms with Gasteiger partial charge in [-0.25, -0.2) is 4.79 Å². The number of carbonyl (C=O) groups is 3. The Morgan fingerprint density at radius 2 is 1.68 bits per heavy atom. The van der Waals surface area contributed by atoms with Crippen LogP contribution >= 0.6 is 0 Å². The molecule has 2 amide bonds. The fourth-order valence-electron chi connectivity index (χ4n) is 3.97. The SMILES string of the molecule is C=CCCC(NC(=O)OCC1c2ccccc2-c2ccccc21)C(=O)NCCOCCC(=O)O. The summed E-state index contributed by atoms with van der Waals surface area (Å²) in [7, 11) is 0. The number of hydrogen-bond donors (Lipinski definition) is 3. The lowest BCUT2D eigenvalue weighted by atomic mass is 9.98. The van der Waals surface area contributed by atoms with Crippen molar-refractivity contribution in [3.8, 4) is 11.1 Å². The zero-order valence-corrected chi connectivity index (χ0v) is 19.0. The normalized spacial score (nSPS) is 12.8. The van der Waals surface area contributed by atoms with Crippen LogP contribution in [0.5, 0.6) is 0 Å². The minimum absolute atomic E-state index is 0.0680. The van der Waals surface area contributed by atoms with E-state index in [0.29, 0.717) is 12.8 Å². The van der Waals surface area contributed by atoms with Gasteiger partial charge in [-0.1, -0.05) is 54.6 Å². The second kappa shape index (κ2) is 12.6. The molecular formula is C26H30N2O6. The summed E-state index contributed by atoms with van der Waals surface area (Å²) in [6, 6.07) is 15.4. The average molecular weight is 467 g/mol. The molecule has 0 saturated heterocycles. The maximum absolute atomic E-state index is 12.6. The Morgan fingerprint density at radius 3 is 2.29 bits per heavy atom. The lowest BCUT2D eigenvalue weighted by molar-refractivity contribution is -0.138. The van der Waals surface area contributed by atoms with Crippen molar-refractivity contribution in [1.29, 1.82) is 0 Å². The molecule has 3 rings (SSSR count). The first kappa shape index (κ1) is 25.0. The molecule has 0 bridgehead atoms. The van der Waals surface area contributed by atoms with Crippen LogP contribution in [-0.2, 0) is 19.1 Å². The summed E-state index contributed by atoms with van der Waals surface area (Å²) < 4.78 is 10.7. The number of carboxylic acids is 1. The van der Waals surface area contributed by atoms with Crippen molar-refractivity contribution in [3.05, 3.63) is 72.3 Å². The van der Waals surface area contributed by atoms with Crippen molar-refractivity contribution in [2.45, 2.75) is 31.2 Å². The van der Waals surface area contributed by atoms with E-state index in [-0.39, 0.29) is 44.6 Å². The number of allylic oxidation sites excluding steroid dienone is 1. The van der Waals surface area contributed by atoms with Crippen LogP contribution in [0, 0.1) is 0 Å². The molecule has 34 heavy (non-hydrogen) atoms. The summed E-state index contributed by atoms with van der Waals surface area (Å²) in [5, 5.41) is 13.9. The third-order valence-corrected chi connectivity index (χ3v) is 5.62. The monoisotopic (exact) mass is 466 g/mol. The zero-order chi connectivity index (χ0) is 24.3. The predicted octanol–water partition coefficient (Wildman–Crippen LogP) is 3.47. The Bertz CT molecular complexity index is 976. The van der Waals surface area contributed by atoms with Gasteiger partial charge < -0.3 is 25.2 Å². The minimum Gasteiger partial charge on any atom is -0.481 e. The van der Waals surface area contributed by atoms with Gasteiger partial charge in [-0.05, 0) is 35.1 Å². The molecule has 3 N–H and O–H groups in total. The smallest absolute Gasteiger partial charge is 0.407 e. The fraction of sp³-hybridized carbons (Fsp3) is 0.346. The van der Waals surface area contributed by atoms with Crippen LogP contribution < -0.4 is 10.6 Å². The number of carbonyl (C=O) groups excluding carboxylic acids is 2. The first-order valence-corrected chi connectivity index (χ1v) is 11.3. The number of nitrogens with one attached hydrogen (secondary N) is 2. The highest BCUT2D eigenvalue weighted by molar-refractivity contribution is 5.85. The molecule has 0 fully saturated rings. The largest absolute Gasteiger partial charge is 0.481 e. The van der Waals surface area contributed by atoms with Crippen LogP contribution in [0.3, 0.4) is 0 Å². The van der Waals surface area contributed by atoms with Crippen molar-refractivity contribution in [1.82, 2.24) is 10.6 Å². The van der Waals surface area contributed by atoms with Crippen molar-refractivity contribution in [2.24, 2.45) is 0 Å². The molecule has 8 nitrogen and oxygen atoms in total. The van der Waals surface area contributed by atoms with E-state index in [1.807, 2.05) is 36.4 Å². The van der Waals surface area contributed by atoms with E-state index in [1.54, 1.807) is 6.08 Å². The van der Waals surface area contributed by atoms with Crippen LogP contribution in [-0.4, -0.2) is 55.5 Å². The van der Waals surface area contributed by atoms with Crippen LogP contribution in [0.1, 0.15) is 36.3 Å². The Hall–Kier alpha value is -3.65. The molecule has 0 aliphatic heterocycles. The van der Waals surface area contributed by atoms with Crippen molar-refractivity contribution < 1.29 is 29.0 Å². The second-order valence-electron chi connectivity index (χ2n) is 7.94. The van der Waals surface area contributed by atoms with Gasteiger partial charge >= 0.3 is 12.1 Å². The third-order valence-electron chi connectivity index (χ3n) is 5.62. The molecule has 2 aromatic carbocycles. The number of amides is 2. The first-order valence-electron chi connectivity index (χ1n) is 11.3. The van der Waals surface area contributed by atoms with Gasteiger partial charge in [0, 0.05) is 12.5 Å². The second-order valence-corrected chi connectivity index (χ2v) is 7.94. The Labute approximate surface area is 199 Å². The third kappa shape index (κ3) is 6.68. The number of carboxylic acid groups (broad SMARTS) is 1. The molecule has 8 heteroatoms. The van der Waals surface area contributed by atoms with E-state index in [4.69, 9.17) is 14.6 Å². The summed E-state index contributed by atoms with van der Waals surface area (Å²) in [5.74, 6) is -1.38. The van der Waals surface area contributed by atoms with E-state index in [1.165, 1.54) is 0 Å². The molecule has 1 aliphatic carbocycles. The van der Waals surface area contributed by atoms with E-state index in [0.717, 1.165) is 22.3 Å². The molecule has 1 atom stereocenters. The van der Waals surface area contributed by atoms with E-state index in [9.17, 15) is 14.4 Å². The zero-order valence-electron chi connectivity index (χ0n) is 19.0. The van der Waals surface area contributed by atoms with Crippen LogP contribution in [0.15, 0.2) is 61.2 Å². The fourth-order valence-corrected chi connectivity index (χ4v) is 3.97. The molecule has 0 spiro atoms. The van der Waals surface area contributed by atoms with Gasteiger partial charge in [0.25, 0.3) is 0 Å². The van der Waals surface area contributed by atoms with E-state index < -0.39 is 18.1 Å². The summed E-state index contributed by atoms with van der Waals surface area (Å²) >= 11 is 0. The molecule has 0 aromatic heterocycles. The number of aliphatic carboxylic acids is 1. The van der Waals surface area contributed by atoms with Gasteiger partial charge in [-0.3, -0.25) is 9.59 Å². The van der Waals surface area contributed by atoms with Crippen LogP contribution in [0.2, 0.25) is 0 Å². The lowest BCUT2D eigenvalue weighted by Crippen LogP contribution is -2.47. The lowest BCUT2D eigenvalue weighted by Gasteiger charge is -2.19. The topological polar surface area (TPSA) is 114 Å². The predicted molar refractivity (Wildman–Crippen MR) is 128 cm³/mol. The van der Waals surface area contributed by atoms with Gasteiger partial charge in [0.15, 0.2) is 0 Å². The molecule has 1 unspecified atom stereocenters. The molecular weight excluding hydrogens is 436 g/mol. The van der Waals surface area contributed by atoms with Gasteiger partial charge in [0.05, 0.1) is 19.6 Å². The number of ether oxygens (including phenoxy) is 2. The van der Waals surface area contributed by atoms with Crippen molar-refractivity contribution in [3.63, 3.8) is 0 Å². The van der Waals surface area contributed by atoms with E-state index in [2.05, 4.69) is 29.3 Å². The summed E-state index contributed by atoms with van der Waals surface area (Å²) in [5.41, 5.74) is 4.50. The number of fused-ring (bicyclic) bond motifs is 3. The maximum Gasteiger partial charge on any atom is 0.407 e. The van der Waals surface area contributed by atoms with Crippen LogP contribution in [0.4, 0.5) is 4.79 Å². The Kier molecular flexibility index (Phi) is 9.22. The number of alkyl carbamates (subject to hydrolysis) is 1.